The molecule has 2 aromatic rings. The van der Waals surface area contributed by atoms with Crippen LogP contribution < -0.4 is 10.2 Å². The van der Waals surface area contributed by atoms with Gasteiger partial charge in [0.1, 0.15) is 12.7 Å². The Morgan fingerprint density at radius 3 is 2.85 bits per heavy atom. The van der Waals surface area contributed by atoms with Crippen molar-refractivity contribution >= 4 is 11.9 Å². The monoisotopic (exact) mass is 278 g/mol. The van der Waals surface area contributed by atoms with E-state index in [0.717, 1.165) is 13.0 Å². The summed E-state index contributed by atoms with van der Waals surface area (Å²) in [5.74, 6) is 1.33. The first-order valence-corrected chi connectivity index (χ1v) is 6.41. The van der Waals surface area contributed by atoms with Crippen molar-refractivity contribution in [2.75, 3.05) is 37.0 Å². The van der Waals surface area contributed by atoms with Crippen LogP contribution in [0.15, 0.2) is 12.7 Å². The van der Waals surface area contributed by atoms with Crippen LogP contribution in [0.5, 0.6) is 0 Å². The van der Waals surface area contributed by atoms with E-state index < -0.39 is 0 Å². The molecule has 9 nitrogen and oxygen atoms in total. The number of nitrogens with one attached hydrogen (secondary N) is 1. The zero-order valence-electron chi connectivity index (χ0n) is 11.6. The molecule has 0 aromatic carbocycles. The van der Waals surface area contributed by atoms with Crippen LogP contribution in [-0.4, -0.2) is 61.6 Å². The van der Waals surface area contributed by atoms with Crippen molar-refractivity contribution in [2.45, 2.75) is 13.3 Å². The summed E-state index contributed by atoms with van der Waals surface area (Å²) in [5, 5.41) is 16.1. The number of hydrogen-bond acceptors (Lipinski definition) is 8. The van der Waals surface area contributed by atoms with Gasteiger partial charge in [-0.2, -0.15) is 24.7 Å². The Balaban J connectivity index is 2.33. The Labute approximate surface area is 116 Å². The van der Waals surface area contributed by atoms with E-state index in [1.54, 1.807) is 11.9 Å². The quantitative estimate of drug-likeness (QED) is 0.711. The fraction of sp³-hybridized carbons (Fsp3) is 0.545. The molecule has 0 aliphatic carbocycles. The third-order valence-electron chi connectivity index (χ3n) is 2.55. The molecule has 0 bridgehead atoms. The van der Waals surface area contributed by atoms with Crippen molar-refractivity contribution in [3.63, 3.8) is 0 Å². The average molecular weight is 278 g/mol. The molecule has 0 aliphatic rings. The van der Waals surface area contributed by atoms with Gasteiger partial charge in [-0.25, -0.2) is 4.98 Å². The highest BCUT2D eigenvalue weighted by atomic mass is 16.3. The average Bonchev–Trinajstić information content (AvgIpc) is 2.99. The Hall–Kier alpha value is -2.29. The van der Waals surface area contributed by atoms with E-state index in [2.05, 4.69) is 37.3 Å². The molecule has 108 valence electrons. The van der Waals surface area contributed by atoms with Crippen molar-refractivity contribution in [2.24, 2.45) is 0 Å². The lowest BCUT2D eigenvalue weighted by Gasteiger charge is -2.16. The third kappa shape index (κ3) is 3.38. The number of nitrogens with zero attached hydrogens (tertiary/aromatic N) is 7. The van der Waals surface area contributed by atoms with Gasteiger partial charge < -0.3 is 15.3 Å². The molecule has 0 spiro atoms. The highest BCUT2D eigenvalue weighted by molar-refractivity contribution is 5.39. The molecule has 2 rings (SSSR count). The number of hydrogen-bond donors (Lipinski definition) is 2. The summed E-state index contributed by atoms with van der Waals surface area (Å²) >= 11 is 0. The minimum Gasteiger partial charge on any atom is -0.395 e. The predicted octanol–water partition coefficient (Wildman–Crippen LogP) is -0.297. The standard InChI is InChI=1S/C11H18N8O/c1-3-4-13-9-15-10(18(2)5-6-20)17-11(16-9)19-8-12-7-14-19/h7-8,20H,3-6H2,1-2H3,(H,13,15,16,17). The summed E-state index contributed by atoms with van der Waals surface area (Å²) < 4.78 is 1.47. The molecule has 2 heterocycles. The minimum atomic E-state index is 0.0264. The second-order valence-electron chi connectivity index (χ2n) is 4.17. The number of anilines is 2. The topological polar surface area (TPSA) is 105 Å². The van der Waals surface area contributed by atoms with Gasteiger partial charge in [-0.1, -0.05) is 6.92 Å². The van der Waals surface area contributed by atoms with Gasteiger partial charge in [0, 0.05) is 20.1 Å². The van der Waals surface area contributed by atoms with E-state index in [-0.39, 0.29) is 6.61 Å². The second-order valence-corrected chi connectivity index (χ2v) is 4.17. The van der Waals surface area contributed by atoms with Crippen molar-refractivity contribution in [3.05, 3.63) is 12.7 Å². The van der Waals surface area contributed by atoms with E-state index in [1.807, 2.05) is 0 Å². The molecule has 20 heavy (non-hydrogen) atoms. The van der Waals surface area contributed by atoms with Crippen molar-refractivity contribution in [1.82, 2.24) is 29.7 Å². The minimum absolute atomic E-state index is 0.0264. The maximum atomic E-state index is 9.01. The Bertz CT molecular complexity index is 529. The predicted molar refractivity (Wildman–Crippen MR) is 73.9 cm³/mol. The van der Waals surface area contributed by atoms with Crippen molar-refractivity contribution < 1.29 is 5.11 Å². The smallest absolute Gasteiger partial charge is 0.258 e. The van der Waals surface area contributed by atoms with E-state index in [4.69, 9.17) is 5.11 Å². The van der Waals surface area contributed by atoms with E-state index in [0.29, 0.717) is 24.4 Å². The first-order chi connectivity index (χ1) is 9.74. The molecule has 0 fully saturated rings. The lowest BCUT2D eigenvalue weighted by atomic mass is 10.5. The zero-order chi connectivity index (χ0) is 14.4. The van der Waals surface area contributed by atoms with Crippen LogP contribution in [0.3, 0.4) is 0 Å². The van der Waals surface area contributed by atoms with Gasteiger partial charge >= 0.3 is 0 Å². The first-order valence-electron chi connectivity index (χ1n) is 6.41. The molecule has 0 aliphatic heterocycles. The van der Waals surface area contributed by atoms with Gasteiger partial charge in [-0.15, -0.1) is 0 Å². The van der Waals surface area contributed by atoms with Gasteiger partial charge in [0.05, 0.1) is 6.61 Å². The van der Waals surface area contributed by atoms with Gasteiger partial charge in [0.15, 0.2) is 0 Å². The SMILES string of the molecule is CCCNc1nc(N(C)CCO)nc(-n2cncn2)n1. The number of likely N-dealkylation sites (N-methyl/N-ethyl adjacent to an activating group) is 1. The highest BCUT2D eigenvalue weighted by Crippen LogP contribution is 2.11. The summed E-state index contributed by atoms with van der Waals surface area (Å²) in [6.07, 6.45) is 3.90. The second kappa shape index (κ2) is 6.75. The molecular formula is C11H18N8O. The van der Waals surface area contributed by atoms with Gasteiger partial charge in [0.25, 0.3) is 5.95 Å². The summed E-state index contributed by atoms with van der Waals surface area (Å²) in [4.78, 5) is 18.6. The summed E-state index contributed by atoms with van der Waals surface area (Å²) in [7, 11) is 1.81. The first kappa shape index (κ1) is 14.1. The number of aromatic nitrogens is 6. The van der Waals surface area contributed by atoms with Gasteiger partial charge in [0.2, 0.25) is 11.9 Å². The van der Waals surface area contributed by atoms with Crippen LogP contribution in [0, 0.1) is 0 Å². The Morgan fingerprint density at radius 1 is 1.35 bits per heavy atom. The molecule has 0 saturated carbocycles. The normalized spacial score (nSPS) is 10.6. The Kier molecular flexibility index (Phi) is 4.77. The highest BCUT2D eigenvalue weighted by Gasteiger charge is 2.11. The summed E-state index contributed by atoms with van der Waals surface area (Å²) in [6.45, 7) is 3.29. The molecule has 0 amide bonds. The van der Waals surface area contributed by atoms with Crippen LogP contribution in [0.1, 0.15) is 13.3 Å². The molecule has 0 unspecified atom stereocenters. The fourth-order valence-electron chi connectivity index (χ4n) is 1.50. The maximum Gasteiger partial charge on any atom is 0.258 e. The van der Waals surface area contributed by atoms with E-state index in [1.165, 1.54) is 17.3 Å². The van der Waals surface area contributed by atoms with E-state index >= 15 is 0 Å². The molecular weight excluding hydrogens is 260 g/mol. The van der Waals surface area contributed by atoms with Crippen LogP contribution >= 0.6 is 0 Å². The lowest BCUT2D eigenvalue weighted by molar-refractivity contribution is 0.303. The van der Waals surface area contributed by atoms with Crippen molar-refractivity contribution in [3.8, 4) is 5.95 Å². The van der Waals surface area contributed by atoms with Crippen molar-refractivity contribution in [1.29, 1.82) is 0 Å². The Morgan fingerprint density at radius 2 is 2.20 bits per heavy atom. The number of rotatable bonds is 7. The number of aliphatic hydroxyl groups is 1. The molecule has 9 heteroatoms. The molecule has 0 atom stereocenters. The molecule has 0 radical (unpaired) electrons. The van der Waals surface area contributed by atoms with Crippen LogP contribution in [0.25, 0.3) is 5.95 Å². The fourth-order valence-corrected chi connectivity index (χ4v) is 1.50. The van der Waals surface area contributed by atoms with E-state index in [9.17, 15) is 0 Å². The number of aliphatic hydroxyl groups excluding tert-OH is 1. The largest absolute Gasteiger partial charge is 0.395 e. The third-order valence-corrected chi connectivity index (χ3v) is 2.55. The zero-order valence-corrected chi connectivity index (χ0v) is 11.6. The van der Waals surface area contributed by atoms with Crippen LogP contribution in [-0.2, 0) is 0 Å². The molecule has 2 aromatic heterocycles. The molecule has 2 N–H and O–H groups in total. The maximum absolute atomic E-state index is 9.01. The van der Waals surface area contributed by atoms with Gasteiger partial charge in [-0.05, 0) is 6.42 Å². The lowest BCUT2D eigenvalue weighted by Crippen LogP contribution is -2.25. The molecule has 0 saturated heterocycles. The van der Waals surface area contributed by atoms with Crippen LogP contribution in [0.4, 0.5) is 11.9 Å². The van der Waals surface area contributed by atoms with Gasteiger partial charge in [-0.3, -0.25) is 0 Å². The summed E-state index contributed by atoms with van der Waals surface area (Å²) in [5.41, 5.74) is 0. The summed E-state index contributed by atoms with van der Waals surface area (Å²) in [6, 6.07) is 0. The van der Waals surface area contributed by atoms with Crippen LogP contribution in [0.2, 0.25) is 0 Å².